The van der Waals surface area contributed by atoms with Crippen LogP contribution in [0.15, 0.2) is 75.8 Å². The summed E-state index contributed by atoms with van der Waals surface area (Å²) in [6.07, 6.45) is 0. The quantitative estimate of drug-likeness (QED) is 0.170. The Morgan fingerprint density at radius 1 is 1.00 bits per heavy atom. The fourth-order valence-corrected chi connectivity index (χ4v) is 5.00. The molecule has 0 aliphatic rings. The van der Waals surface area contributed by atoms with Gasteiger partial charge in [0.15, 0.2) is 5.75 Å². The summed E-state index contributed by atoms with van der Waals surface area (Å²) >= 11 is 12.2. The predicted molar refractivity (Wildman–Crippen MR) is 142 cm³/mol. The highest BCUT2D eigenvalue weighted by Crippen LogP contribution is 2.42. The van der Waals surface area contributed by atoms with E-state index in [2.05, 4.69) is 15.5 Å². The van der Waals surface area contributed by atoms with E-state index in [1.807, 2.05) is 0 Å². The highest BCUT2D eigenvalue weighted by atomic mass is 35.5. The number of phenolic OH excluding ortho intramolecular Hbond substituents is 1. The van der Waals surface area contributed by atoms with Gasteiger partial charge in [-0.15, -0.1) is 10.2 Å². The van der Waals surface area contributed by atoms with E-state index in [0.717, 1.165) is 0 Å². The number of amides is 1. The normalized spacial score (nSPS) is 11.7. The van der Waals surface area contributed by atoms with Crippen LogP contribution in [0.5, 0.6) is 11.5 Å². The molecule has 0 aliphatic heterocycles. The van der Waals surface area contributed by atoms with Crippen LogP contribution in [0.25, 0.3) is 10.8 Å². The Kier molecular flexibility index (Phi) is 7.37. The number of halogens is 2. The number of azo groups is 1. The number of fused-ring (bicyclic) bond motifs is 1. The van der Waals surface area contributed by atoms with E-state index in [4.69, 9.17) is 27.9 Å². The molecular formula is C25H19Cl2N3O6S. The van der Waals surface area contributed by atoms with Gasteiger partial charge < -0.3 is 15.2 Å². The largest absolute Gasteiger partial charge is 0.505 e. The lowest BCUT2D eigenvalue weighted by molar-refractivity contribution is 0.102. The average molecular weight is 560 g/mol. The lowest BCUT2D eigenvalue weighted by atomic mass is 10.0. The molecule has 190 valence electrons. The second kappa shape index (κ2) is 10.3. The van der Waals surface area contributed by atoms with Gasteiger partial charge in [0.2, 0.25) is 0 Å². The maximum Gasteiger partial charge on any atom is 0.297 e. The molecule has 1 amide bonds. The molecule has 0 radical (unpaired) electrons. The average Bonchev–Trinajstić information content (AvgIpc) is 2.85. The summed E-state index contributed by atoms with van der Waals surface area (Å²) in [4.78, 5) is 12.7. The highest BCUT2D eigenvalue weighted by molar-refractivity contribution is 7.86. The molecule has 4 aromatic carbocycles. The van der Waals surface area contributed by atoms with Gasteiger partial charge in [0, 0.05) is 16.5 Å². The number of carbonyl (C=O) groups excluding carboxylic acids is 1. The van der Waals surface area contributed by atoms with Gasteiger partial charge in [-0.2, -0.15) is 8.42 Å². The molecule has 0 spiro atoms. The van der Waals surface area contributed by atoms with Crippen molar-refractivity contribution in [2.75, 3.05) is 12.4 Å². The van der Waals surface area contributed by atoms with Crippen molar-refractivity contribution in [3.8, 4) is 11.5 Å². The van der Waals surface area contributed by atoms with Gasteiger partial charge in [-0.25, -0.2) is 0 Å². The monoisotopic (exact) mass is 559 g/mol. The number of hydrogen-bond donors (Lipinski definition) is 3. The third-order valence-electron chi connectivity index (χ3n) is 5.44. The minimum atomic E-state index is -4.70. The van der Waals surface area contributed by atoms with Crippen molar-refractivity contribution in [3.63, 3.8) is 0 Å². The Morgan fingerprint density at radius 2 is 1.70 bits per heavy atom. The molecule has 12 heteroatoms. The number of methoxy groups -OCH3 is 1. The first-order valence-electron chi connectivity index (χ1n) is 10.6. The van der Waals surface area contributed by atoms with E-state index in [9.17, 15) is 22.9 Å². The van der Waals surface area contributed by atoms with Crippen LogP contribution in [-0.2, 0) is 10.1 Å². The minimum Gasteiger partial charge on any atom is -0.505 e. The summed E-state index contributed by atoms with van der Waals surface area (Å²) in [7, 11) is -3.27. The molecule has 0 aromatic heterocycles. The van der Waals surface area contributed by atoms with Gasteiger partial charge >= 0.3 is 0 Å². The van der Waals surface area contributed by atoms with Crippen LogP contribution in [0.2, 0.25) is 10.0 Å². The van der Waals surface area contributed by atoms with E-state index >= 15 is 0 Å². The van der Waals surface area contributed by atoms with E-state index in [1.165, 1.54) is 38.3 Å². The third-order valence-corrected chi connectivity index (χ3v) is 7.01. The zero-order valence-corrected chi connectivity index (χ0v) is 21.7. The van der Waals surface area contributed by atoms with Crippen LogP contribution in [0.4, 0.5) is 17.1 Å². The van der Waals surface area contributed by atoms with E-state index < -0.39 is 26.7 Å². The van der Waals surface area contributed by atoms with Gasteiger partial charge in [0.05, 0.1) is 23.4 Å². The molecule has 3 N–H and O–H groups in total. The first-order chi connectivity index (χ1) is 17.5. The zero-order valence-electron chi connectivity index (χ0n) is 19.4. The Labute approximate surface area is 222 Å². The van der Waals surface area contributed by atoms with Gasteiger partial charge in [-0.05, 0) is 42.1 Å². The molecule has 0 heterocycles. The van der Waals surface area contributed by atoms with Crippen LogP contribution in [-0.4, -0.2) is 31.1 Å². The van der Waals surface area contributed by atoms with Crippen molar-refractivity contribution in [3.05, 3.63) is 81.8 Å². The van der Waals surface area contributed by atoms with E-state index in [0.29, 0.717) is 27.2 Å². The maximum absolute atomic E-state index is 13.2. The van der Waals surface area contributed by atoms with Crippen molar-refractivity contribution in [2.24, 2.45) is 10.2 Å². The summed E-state index contributed by atoms with van der Waals surface area (Å²) in [5.74, 6) is -0.870. The van der Waals surface area contributed by atoms with Crippen LogP contribution < -0.4 is 10.1 Å². The first kappa shape index (κ1) is 26.4. The van der Waals surface area contributed by atoms with Crippen molar-refractivity contribution >= 4 is 67.1 Å². The summed E-state index contributed by atoms with van der Waals surface area (Å²) in [6, 6.07) is 15.7. The van der Waals surface area contributed by atoms with Crippen LogP contribution in [0.1, 0.15) is 15.9 Å². The lowest BCUT2D eigenvalue weighted by Gasteiger charge is -2.13. The van der Waals surface area contributed by atoms with E-state index in [-0.39, 0.29) is 27.5 Å². The van der Waals surface area contributed by atoms with Crippen molar-refractivity contribution < 1.29 is 27.6 Å². The first-order valence-corrected chi connectivity index (χ1v) is 12.8. The smallest absolute Gasteiger partial charge is 0.297 e. The fourth-order valence-electron chi connectivity index (χ4n) is 3.72. The lowest BCUT2D eigenvalue weighted by Crippen LogP contribution is -2.13. The summed E-state index contributed by atoms with van der Waals surface area (Å²) in [5.41, 5.74) is -0.0366. The Hall–Kier alpha value is -3.70. The van der Waals surface area contributed by atoms with Gasteiger partial charge in [-0.1, -0.05) is 53.5 Å². The topological polar surface area (TPSA) is 138 Å². The number of aromatic hydroxyl groups is 1. The van der Waals surface area contributed by atoms with Crippen molar-refractivity contribution in [1.82, 2.24) is 0 Å². The number of phenols is 1. The molecule has 0 saturated carbocycles. The second-order valence-corrected chi connectivity index (χ2v) is 10.1. The molecular weight excluding hydrogens is 541 g/mol. The summed E-state index contributed by atoms with van der Waals surface area (Å²) < 4.78 is 38.9. The van der Waals surface area contributed by atoms with Gasteiger partial charge in [0.25, 0.3) is 16.0 Å². The molecule has 0 fully saturated rings. The molecule has 0 bridgehead atoms. The number of benzene rings is 4. The SMILES string of the molecule is COc1cc(Cl)ccc1NC(=O)c1cc2ccccc2c(N=Nc2c(Cl)ccc(C)c2S(=O)(=O)O)c1O. The van der Waals surface area contributed by atoms with Crippen molar-refractivity contribution in [2.45, 2.75) is 11.8 Å². The predicted octanol–water partition coefficient (Wildman–Crippen LogP) is 7.08. The van der Waals surface area contributed by atoms with E-state index in [1.54, 1.807) is 36.4 Å². The van der Waals surface area contributed by atoms with Gasteiger partial charge in [0.1, 0.15) is 22.0 Å². The zero-order chi connectivity index (χ0) is 26.9. The van der Waals surface area contributed by atoms with Crippen molar-refractivity contribution in [1.29, 1.82) is 0 Å². The van der Waals surface area contributed by atoms with Crippen LogP contribution in [0.3, 0.4) is 0 Å². The number of nitrogens with zero attached hydrogens (tertiary/aromatic N) is 2. The molecule has 0 atom stereocenters. The number of carbonyl (C=O) groups is 1. The molecule has 4 aromatic rings. The highest BCUT2D eigenvalue weighted by Gasteiger charge is 2.23. The maximum atomic E-state index is 13.2. The minimum absolute atomic E-state index is 0.0884. The number of hydrogen-bond acceptors (Lipinski definition) is 7. The van der Waals surface area contributed by atoms with Crippen LogP contribution >= 0.6 is 23.2 Å². The fraction of sp³-hybridized carbons (Fsp3) is 0.0800. The Balaban J connectivity index is 1.86. The summed E-state index contributed by atoms with van der Waals surface area (Å²) in [6.45, 7) is 1.46. The summed E-state index contributed by atoms with van der Waals surface area (Å²) in [5, 5.41) is 23.1. The van der Waals surface area contributed by atoms with Gasteiger partial charge in [-0.3, -0.25) is 9.35 Å². The van der Waals surface area contributed by atoms with Crippen LogP contribution in [0, 0.1) is 6.92 Å². The standard InChI is InChI=1S/C25H19Cl2N3O6S/c1-13-7-9-18(27)22(24(13)37(33,34)35)30-29-21-16-6-4-3-5-14(16)11-17(23(21)31)25(32)28-19-10-8-15(26)12-20(19)36-2/h3-12,31H,1-2H3,(H,28,32)(H,33,34,35). The number of anilines is 1. The molecule has 0 aliphatic carbocycles. The molecule has 9 nitrogen and oxygen atoms in total. The molecule has 37 heavy (non-hydrogen) atoms. The number of nitrogens with one attached hydrogen (secondary N) is 1. The second-order valence-electron chi connectivity index (χ2n) is 7.86. The molecule has 4 rings (SSSR count). The molecule has 0 saturated heterocycles. The number of ether oxygens (including phenoxy) is 1. The molecule has 0 unspecified atom stereocenters. The third kappa shape index (κ3) is 5.37. The number of aryl methyl sites for hydroxylation is 1. The Morgan fingerprint density at radius 3 is 2.41 bits per heavy atom. The Bertz CT molecular complexity index is 1690. The number of rotatable bonds is 6.